The van der Waals surface area contributed by atoms with Gasteiger partial charge in [0.1, 0.15) is 17.3 Å². The molecule has 1 atom stereocenters. The Morgan fingerprint density at radius 1 is 1.41 bits per heavy atom. The second kappa shape index (κ2) is 5.57. The molecule has 0 aromatic heterocycles. The predicted molar refractivity (Wildman–Crippen MR) is 73.1 cm³/mol. The van der Waals surface area contributed by atoms with Crippen LogP contribution >= 0.6 is 27.7 Å². The van der Waals surface area contributed by atoms with Crippen molar-refractivity contribution in [3.63, 3.8) is 0 Å². The minimum Gasteiger partial charge on any atom is -0.365 e. The highest BCUT2D eigenvalue weighted by Gasteiger charge is 2.23. The van der Waals surface area contributed by atoms with Gasteiger partial charge in [0.2, 0.25) is 0 Å². The first-order valence-corrected chi connectivity index (χ1v) is 7.69. The van der Waals surface area contributed by atoms with Crippen molar-refractivity contribution in [2.75, 3.05) is 23.7 Å². The van der Waals surface area contributed by atoms with E-state index in [1.807, 2.05) is 16.7 Å². The SMILES string of the molecule is CC1CN(c2c(F)cc(CBr)cc2F)CCS1. The maximum Gasteiger partial charge on any atom is 0.149 e. The molecule has 5 heteroatoms. The molecule has 1 fully saturated rings. The molecule has 0 spiro atoms. The molecule has 1 unspecified atom stereocenters. The number of halogens is 3. The Morgan fingerprint density at radius 3 is 2.59 bits per heavy atom. The van der Waals surface area contributed by atoms with Crippen LogP contribution in [0.4, 0.5) is 14.5 Å². The summed E-state index contributed by atoms with van der Waals surface area (Å²) in [7, 11) is 0. The van der Waals surface area contributed by atoms with E-state index in [4.69, 9.17) is 0 Å². The molecule has 1 aliphatic heterocycles. The number of benzene rings is 1. The standard InChI is InChI=1S/C12H14BrF2NS/c1-8-7-16(2-3-17-8)12-10(14)4-9(6-13)5-11(12)15/h4-5,8H,2-3,6-7H2,1H3. The number of thioether (sulfide) groups is 1. The fraction of sp³-hybridized carbons (Fsp3) is 0.500. The Balaban J connectivity index is 2.31. The maximum absolute atomic E-state index is 13.9. The minimum absolute atomic E-state index is 0.127. The molecule has 1 saturated heterocycles. The molecule has 0 N–H and O–H groups in total. The van der Waals surface area contributed by atoms with Crippen LogP contribution in [0.1, 0.15) is 12.5 Å². The van der Waals surface area contributed by atoms with Crippen LogP contribution in [0.15, 0.2) is 12.1 Å². The summed E-state index contributed by atoms with van der Waals surface area (Å²) in [6.45, 7) is 3.49. The van der Waals surface area contributed by atoms with Gasteiger partial charge in [-0.15, -0.1) is 0 Å². The van der Waals surface area contributed by atoms with Crippen molar-refractivity contribution in [1.29, 1.82) is 0 Å². The van der Waals surface area contributed by atoms with Gasteiger partial charge < -0.3 is 4.90 Å². The molecule has 0 aliphatic carbocycles. The number of hydrogen-bond donors (Lipinski definition) is 0. The van der Waals surface area contributed by atoms with Gasteiger partial charge in [0, 0.05) is 29.4 Å². The summed E-state index contributed by atoms with van der Waals surface area (Å²) in [5, 5.41) is 0.881. The number of hydrogen-bond acceptors (Lipinski definition) is 2. The molecule has 94 valence electrons. The van der Waals surface area contributed by atoms with Gasteiger partial charge in [0.15, 0.2) is 0 Å². The van der Waals surface area contributed by atoms with Gasteiger partial charge >= 0.3 is 0 Å². The summed E-state index contributed by atoms with van der Waals surface area (Å²) in [5.41, 5.74) is 0.755. The molecular formula is C12H14BrF2NS. The van der Waals surface area contributed by atoms with Crippen molar-refractivity contribution in [1.82, 2.24) is 0 Å². The van der Waals surface area contributed by atoms with Crippen LogP contribution in [0.2, 0.25) is 0 Å². The van der Waals surface area contributed by atoms with Crippen molar-refractivity contribution < 1.29 is 8.78 Å². The first-order chi connectivity index (χ1) is 8.11. The largest absolute Gasteiger partial charge is 0.365 e. The van der Waals surface area contributed by atoms with E-state index in [-0.39, 0.29) is 5.69 Å². The van der Waals surface area contributed by atoms with E-state index in [9.17, 15) is 8.78 Å². The molecular weight excluding hydrogens is 308 g/mol. The molecule has 2 rings (SSSR count). The first-order valence-electron chi connectivity index (χ1n) is 5.52. The molecule has 0 saturated carbocycles. The van der Waals surface area contributed by atoms with Crippen molar-refractivity contribution in [3.8, 4) is 0 Å². The van der Waals surface area contributed by atoms with E-state index in [1.165, 1.54) is 12.1 Å². The van der Waals surface area contributed by atoms with E-state index in [0.717, 1.165) is 5.75 Å². The Morgan fingerprint density at radius 2 is 2.06 bits per heavy atom. The van der Waals surface area contributed by atoms with Crippen LogP contribution in [0.3, 0.4) is 0 Å². The van der Waals surface area contributed by atoms with E-state index in [0.29, 0.717) is 29.2 Å². The van der Waals surface area contributed by atoms with Gasteiger partial charge in [-0.2, -0.15) is 11.8 Å². The van der Waals surface area contributed by atoms with Gasteiger partial charge in [-0.05, 0) is 17.7 Å². The normalized spacial score (nSPS) is 20.7. The zero-order valence-corrected chi connectivity index (χ0v) is 12.0. The summed E-state index contributed by atoms with van der Waals surface area (Å²) in [5.74, 6) is -0.00244. The monoisotopic (exact) mass is 321 g/mol. The highest BCUT2D eigenvalue weighted by atomic mass is 79.9. The van der Waals surface area contributed by atoms with Gasteiger partial charge in [-0.3, -0.25) is 0 Å². The van der Waals surface area contributed by atoms with Gasteiger partial charge in [0.25, 0.3) is 0 Å². The van der Waals surface area contributed by atoms with Gasteiger partial charge in [0.05, 0.1) is 0 Å². The summed E-state index contributed by atoms with van der Waals surface area (Å²) in [6, 6.07) is 2.80. The second-order valence-corrected chi connectivity index (χ2v) is 6.28. The lowest BCUT2D eigenvalue weighted by Gasteiger charge is -2.32. The molecule has 0 bridgehead atoms. The Hall–Kier alpha value is -0.290. The lowest BCUT2D eigenvalue weighted by atomic mass is 10.2. The number of alkyl halides is 1. The summed E-state index contributed by atoms with van der Waals surface area (Å²) < 4.78 is 27.8. The average Bonchev–Trinajstić information content (AvgIpc) is 2.28. The van der Waals surface area contributed by atoms with Crippen LogP contribution in [-0.2, 0) is 5.33 Å². The maximum atomic E-state index is 13.9. The average molecular weight is 322 g/mol. The summed E-state index contributed by atoms with van der Waals surface area (Å²) >= 11 is 5.05. The molecule has 1 aromatic carbocycles. The molecule has 17 heavy (non-hydrogen) atoms. The highest BCUT2D eigenvalue weighted by molar-refractivity contribution is 9.08. The third kappa shape index (κ3) is 2.94. The van der Waals surface area contributed by atoms with Crippen LogP contribution in [0, 0.1) is 11.6 Å². The number of rotatable bonds is 2. The molecule has 0 radical (unpaired) electrons. The zero-order chi connectivity index (χ0) is 12.4. The fourth-order valence-corrected chi connectivity index (χ4v) is 3.36. The predicted octanol–water partition coefficient (Wildman–Crippen LogP) is 3.80. The van der Waals surface area contributed by atoms with Gasteiger partial charge in [-0.25, -0.2) is 8.78 Å². The van der Waals surface area contributed by atoms with E-state index in [2.05, 4.69) is 22.9 Å². The molecule has 1 heterocycles. The molecule has 1 nitrogen and oxygen atoms in total. The number of nitrogens with zero attached hydrogens (tertiary/aromatic N) is 1. The zero-order valence-electron chi connectivity index (χ0n) is 9.55. The van der Waals surface area contributed by atoms with Crippen molar-refractivity contribution >= 4 is 33.4 Å². The van der Waals surface area contributed by atoms with Crippen LogP contribution in [-0.4, -0.2) is 24.1 Å². The Labute approximate surface area is 113 Å². The van der Waals surface area contributed by atoms with E-state index < -0.39 is 11.6 Å². The molecule has 1 aliphatic rings. The summed E-state index contributed by atoms with van der Waals surface area (Å²) in [6.07, 6.45) is 0. The smallest absolute Gasteiger partial charge is 0.149 e. The quantitative estimate of drug-likeness (QED) is 0.762. The topological polar surface area (TPSA) is 3.24 Å². The minimum atomic E-state index is -0.460. The van der Waals surface area contributed by atoms with E-state index >= 15 is 0 Å². The first kappa shape index (κ1) is 13.1. The Bertz CT molecular complexity index is 390. The highest BCUT2D eigenvalue weighted by Crippen LogP contribution is 2.29. The van der Waals surface area contributed by atoms with Crippen LogP contribution in [0.5, 0.6) is 0 Å². The lowest BCUT2D eigenvalue weighted by Crippen LogP contribution is -2.37. The molecule has 0 amide bonds. The summed E-state index contributed by atoms with van der Waals surface area (Å²) in [4.78, 5) is 1.81. The third-order valence-electron chi connectivity index (χ3n) is 2.79. The van der Waals surface area contributed by atoms with Gasteiger partial charge in [-0.1, -0.05) is 22.9 Å². The fourth-order valence-electron chi connectivity index (χ4n) is 2.02. The Kier molecular flexibility index (Phi) is 4.31. The molecule has 1 aromatic rings. The second-order valence-electron chi connectivity index (χ2n) is 4.17. The van der Waals surface area contributed by atoms with Crippen LogP contribution < -0.4 is 4.90 Å². The van der Waals surface area contributed by atoms with Crippen molar-refractivity contribution in [3.05, 3.63) is 29.3 Å². The number of anilines is 1. The van der Waals surface area contributed by atoms with Crippen LogP contribution in [0.25, 0.3) is 0 Å². The lowest BCUT2D eigenvalue weighted by molar-refractivity contribution is 0.568. The third-order valence-corrected chi connectivity index (χ3v) is 4.57. The van der Waals surface area contributed by atoms with Crippen molar-refractivity contribution in [2.45, 2.75) is 17.5 Å². The van der Waals surface area contributed by atoms with Crippen molar-refractivity contribution in [2.24, 2.45) is 0 Å². The van der Waals surface area contributed by atoms with E-state index in [1.54, 1.807) is 0 Å².